The number of imidazole rings is 1. The number of rotatable bonds is 3. The molecular formula is C24H14F3N3. The van der Waals surface area contributed by atoms with Crippen molar-refractivity contribution >= 4 is 11.0 Å². The predicted octanol–water partition coefficient (Wildman–Crippen LogP) is 6.17. The van der Waals surface area contributed by atoms with E-state index in [1.54, 1.807) is 18.5 Å². The van der Waals surface area contributed by atoms with E-state index in [9.17, 15) is 13.2 Å². The summed E-state index contributed by atoms with van der Waals surface area (Å²) in [5.74, 6) is -1.61. The van der Waals surface area contributed by atoms with Gasteiger partial charge in [-0.15, -0.1) is 0 Å². The smallest absolute Gasteiger partial charge is 0.141 e. The minimum atomic E-state index is -0.612. The van der Waals surface area contributed by atoms with Crippen molar-refractivity contribution in [1.29, 1.82) is 0 Å². The van der Waals surface area contributed by atoms with Gasteiger partial charge in [0.15, 0.2) is 0 Å². The van der Waals surface area contributed by atoms with Crippen LogP contribution >= 0.6 is 0 Å². The molecule has 30 heavy (non-hydrogen) atoms. The molecule has 3 aromatic carbocycles. The van der Waals surface area contributed by atoms with Crippen LogP contribution in [0.1, 0.15) is 0 Å². The van der Waals surface area contributed by atoms with E-state index in [1.165, 1.54) is 24.4 Å². The average molecular weight is 401 g/mol. The molecule has 5 rings (SSSR count). The summed E-state index contributed by atoms with van der Waals surface area (Å²) < 4.78 is 42.5. The second-order valence-electron chi connectivity index (χ2n) is 6.85. The molecule has 0 bridgehead atoms. The highest BCUT2D eigenvalue weighted by Gasteiger charge is 2.11. The Morgan fingerprint density at radius 1 is 0.700 bits per heavy atom. The zero-order valence-corrected chi connectivity index (χ0v) is 15.6. The Bertz CT molecular complexity index is 1370. The SMILES string of the molecule is Fc1ccc(-c2ccc3c(c2)ncn3-c2cccc(-c3ccc(F)cc3F)c2)nc1. The first kappa shape index (κ1) is 18.1. The summed E-state index contributed by atoms with van der Waals surface area (Å²) in [6, 6.07) is 19.5. The fourth-order valence-electron chi connectivity index (χ4n) is 3.47. The van der Waals surface area contributed by atoms with Crippen LogP contribution in [0.2, 0.25) is 0 Å². The minimum Gasteiger partial charge on any atom is -0.299 e. The monoisotopic (exact) mass is 401 g/mol. The number of halogens is 3. The van der Waals surface area contributed by atoms with E-state index in [-0.39, 0.29) is 5.82 Å². The highest BCUT2D eigenvalue weighted by atomic mass is 19.1. The third-order valence-electron chi connectivity index (χ3n) is 4.94. The first-order valence-corrected chi connectivity index (χ1v) is 9.23. The highest BCUT2D eigenvalue weighted by molar-refractivity contribution is 5.83. The highest BCUT2D eigenvalue weighted by Crippen LogP contribution is 2.28. The fourth-order valence-corrected chi connectivity index (χ4v) is 3.47. The van der Waals surface area contributed by atoms with E-state index < -0.39 is 11.6 Å². The molecule has 146 valence electrons. The number of benzene rings is 3. The lowest BCUT2D eigenvalue weighted by Gasteiger charge is -2.09. The molecule has 0 N–H and O–H groups in total. The second kappa shape index (κ2) is 7.15. The predicted molar refractivity (Wildman–Crippen MR) is 110 cm³/mol. The normalized spacial score (nSPS) is 11.2. The maximum Gasteiger partial charge on any atom is 0.141 e. The number of aromatic nitrogens is 3. The summed E-state index contributed by atoms with van der Waals surface area (Å²) in [6.07, 6.45) is 2.87. The summed E-state index contributed by atoms with van der Waals surface area (Å²) >= 11 is 0. The quantitative estimate of drug-likeness (QED) is 0.362. The summed E-state index contributed by atoms with van der Waals surface area (Å²) in [5, 5.41) is 0. The second-order valence-corrected chi connectivity index (χ2v) is 6.85. The molecule has 0 spiro atoms. The zero-order valence-electron chi connectivity index (χ0n) is 15.6. The van der Waals surface area contributed by atoms with Crippen LogP contribution in [0.25, 0.3) is 39.1 Å². The number of nitrogens with zero attached hydrogens (tertiary/aromatic N) is 3. The van der Waals surface area contributed by atoms with Crippen molar-refractivity contribution in [1.82, 2.24) is 14.5 Å². The van der Waals surface area contributed by atoms with Gasteiger partial charge in [0.05, 0.1) is 22.9 Å². The number of pyridine rings is 1. The van der Waals surface area contributed by atoms with Gasteiger partial charge in [0.2, 0.25) is 0 Å². The molecule has 0 aliphatic heterocycles. The van der Waals surface area contributed by atoms with Crippen LogP contribution in [0.5, 0.6) is 0 Å². The van der Waals surface area contributed by atoms with E-state index in [4.69, 9.17) is 0 Å². The molecule has 3 nitrogen and oxygen atoms in total. The fraction of sp³-hybridized carbons (Fsp3) is 0. The molecule has 0 atom stereocenters. The standard InChI is InChI=1S/C24H14F3N3/c25-17-5-7-20(21(27)12-17)15-2-1-3-19(10-15)30-14-29-23-11-16(4-9-24(23)30)22-8-6-18(26)13-28-22/h1-14H. The molecule has 0 saturated heterocycles. The van der Waals surface area contributed by atoms with Crippen LogP contribution in [0.4, 0.5) is 13.2 Å². The maximum absolute atomic E-state index is 14.2. The van der Waals surface area contributed by atoms with E-state index in [2.05, 4.69) is 9.97 Å². The summed E-state index contributed by atoms with van der Waals surface area (Å²) in [7, 11) is 0. The molecule has 0 unspecified atom stereocenters. The van der Waals surface area contributed by atoms with E-state index in [0.29, 0.717) is 16.8 Å². The molecule has 0 amide bonds. The van der Waals surface area contributed by atoms with Crippen LogP contribution in [-0.4, -0.2) is 14.5 Å². The van der Waals surface area contributed by atoms with Crippen molar-refractivity contribution in [3.63, 3.8) is 0 Å². The van der Waals surface area contributed by atoms with Gasteiger partial charge in [-0.1, -0.05) is 18.2 Å². The molecule has 0 fully saturated rings. The van der Waals surface area contributed by atoms with Gasteiger partial charge in [0, 0.05) is 22.9 Å². The Morgan fingerprint density at radius 2 is 1.57 bits per heavy atom. The summed E-state index contributed by atoms with van der Waals surface area (Å²) in [6.45, 7) is 0. The van der Waals surface area contributed by atoms with Crippen LogP contribution in [0.3, 0.4) is 0 Å². The Morgan fingerprint density at radius 3 is 2.37 bits per heavy atom. The van der Waals surface area contributed by atoms with Crippen molar-refractivity contribution in [2.75, 3.05) is 0 Å². The van der Waals surface area contributed by atoms with Crippen molar-refractivity contribution in [2.45, 2.75) is 0 Å². The Kier molecular flexibility index (Phi) is 4.32. The molecule has 2 heterocycles. The lowest BCUT2D eigenvalue weighted by atomic mass is 10.0. The van der Waals surface area contributed by atoms with Gasteiger partial charge in [-0.2, -0.15) is 0 Å². The largest absolute Gasteiger partial charge is 0.299 e. The third kappa shape index (κ3) is 3.22. The molecule has 2 aromatic heterocycles. The third-order valence-corrected chi connectivity index (χ3v) is 4.94. The van der Waals surface area contributed by atoms with E-state index in [0.717, 1.165) is 28.4 Å². The number of fused-ring (bicyclic) bond motifs is 1. The molecule has 0 aliphatic carbocycles. The Balaban J connectivity index is 1.56. The lowest BCUT2D eigenvalue weighted by Crippen LogP contribution is -1.94. The van der Waals surface area contributed by atoms with E-state index in [1.807, 2.05) is 41.0 Å². The van der Waals surface area contributed by atoms with Crippen LogP contribution in [0.15, 0.2) is 85.3 Å². The molecule has 0 radical (unpaired) electrons. The summed E-state index contributed by atoms with van der Waals surface area (Å²) in [5.41, 5.74) is 4.85. The first-order chi connectivity index (χ1) is 14.6. The van der Waals surface area contributed by atoms with Crippen molar-refractivity contribution in [3.8, 4) is 28.1 Å². The zero-order chi connectivity index (χ0) is 20.7. The maximum atomic E-state index is 14.2. The molecule has 6 heteroatoms. The topological polar surface area (TPSA) is 30.7 Å². The first-order valence-electron chi connectivity index (χ1n) is 9.23. The van der Waals surface area contributed by atoms with Gasteiger partial charge in [-0.3, -0.25) is 9.55 Å². The number of hydrogen-bond acceptors (Lipinski definition) is 2. The summed E-state index contributed by atoms with van der Waals surface area (Å²) in [4.78, 5) is 8.58. The average Bonchev–Trinajstić information content (AvgIpc) is 3.18. The molecular weight excluding hydrogens is 387 g/mol. The van der Waals surface area contributed by atoms with Gasteiger partial charge >= 0.3 is 0 Å². The number of hydrogen-bond donors (Lipinski definition) is 0. The van der Waals surface area contributed by atoms with Crippen molar-refractivity contribution in [2.24, 2.45) is 0 Å². The lowest BCUT2D eigenvalue weighted by molar-refractivity contribution is 0.585. The van der Waals surface area contributed by atoms with Gasteiger partial charge < -0.3 is 0 Å². The van der Waals surface area contributed by atoms with Crippen LogP contribution in [-0.2, 0) is 0 Å². The van der Waals surface area contributed by atoms with Crippen LogP contribution < -0.4 is 0 Å². The van der Waals surface area contributed by atoms with Crippen LogP contribution in [0, 0.1) is 17.5 Å². The Hall–Kier alpha value is -3.93. The van der Waals surface area contributed by atoms with Gasteiger partial charge in [-0.25, -0.2) is 18.2 Å². The Labute approximate surface area is 170 Å². The molecule has 0 aliphatic rings. The van der Waals surface area contributed by atoms with Crippen molar-refractivity contribution < 1.29 is 13.2 Å². The molecule has 5 aromatic rings. The van der Waals surface area contributed by atoms with Gasteiger partial charge in [-0.05, 0) is 54.1 Å². The van der Waals surface area contributed by atoms with E-state index >= 15 is 0 Å². The minimum absolute atomic E-state index is 0.326. The van der Waals surface area contributed by atoms with Gasteiger partial charge in [0.25, 0.3) is 0 Å². The van der Waals surface area contributed by atoms with Gasteiger partial charge in [0.1, 0.15) is 23.8 Å². The van der Waals surface area contributed by atoms with Crippen molar-refractivity contribution in [3.05, 3.63) is 103 Å². The molecule has 0 saturated carbocycles.